The minimum atomic E-state index is 0.862. The Bertz CT molecular complexity index is 1110. The Kier molecular flexibility index (Phi) is 3.36. The molecule has 0 fully saturated rings. The first-order valence-corrected chi connectivity index (χ1v) is 8.74. The van der Waals surface area contributed by atoms with Gasteiger partial charge in [-0.05, 0) is 41.8 Å². The van der Waals surface area contributed by atoms with Crippen molar-refractivity contribution in [3.63, 3.8) is 0 Å². The average Bonchev–Trinajstić information content (AvgIpc) is 2.83. The summed E-state index contributed by atoms with van der Waals surface area (Å²) >= 11 is 0. The molecule has 26 heavy (non-hydrogen) atoms. The number of hydrogen-bond acceptors (Lipinski definition) is 2. The van der Waals surface area contributed by atoms with Gasteiger partial charge in [0.25, 0.3) is 0 Å². The van der Waals surface area contributed by atoms with Crippen molar-refractivity contribution in [1.82, 2.24) is 4.98 Å². The molecule has 5 rings (SSSR count). The van der Waals surface area contributed by atoms with Gasteiger partial charge in [-0.25, -0.2) is 0 Å². The molecule has 0 saturated heterocycles. The van der Waals surface area contributed by atoms with Crippen molar-refractivity contribution >= 4 is 0 Å². The SMILES string of the molecule is Cc1ccc(-c2cccc3c2Oc2ccccc2-c2ccccc2-3)nc1. The molecule has 0 bridgehead atoms. The molecule has 0 N–H and O–H groups in total. The van der Waals surface area contributed by atoms with Gasteiger partial charge in [0.2, 0.25) is 0 Å². The molecule has 1 aromatic heterocycles. The van der Waals surface area contributed by atoms with E-state index in [0.717, 1.165) is 39.4 Å². The van der Waals surface area contributed by atoms with Crippen molar-refractivity contribution in [3.8, 4) is 45.0 Å². The zero-order valence-electron chi connectivity index (χ0n) is 14.4. The van der Waals surface area contributed by atoms with Gasteiger partial charge >= 0.3 is 0 Å². The summed E-state index contributed by atoms with van der Waals surface area (Å²) in [7, 11) is 0. The maximum atomic E-state index is 6.46. The van der Waals surface area contributed by atoms with Crippen LogP contribution in [0.5, 0.6) is 11.5 Å². The number of ether oxygens (including phenoxy) is 1. The van der Waals surface area contributed by atoms with E-state index in [0.29, 0.717) is 0 Å². The number of benzene rings is 3. The summed E-state index contributed by atoms with van der Waals surface area (Å²) in [5.74, 6) is 1.74. The molecule has 0 radical (unpaired) electrons. The normalized spacial score (nSPS) is 11.6. The van der Waals surface area contributed by atoms with E-state index in [9.17, 15) is 0 Å². The predicted octanol–water partition coefficient (Wildman–Crippen LogP) is 6.50. The zero-order valence-corrected chi connectivity index (χ0v) is 14.4. The van der Waals surface area contributed by atoms with E-state index in [2.05, 4.69) is 71.7 Å². The monoisotopic (exact) mass is 335 g/mol. The predicted molar refractivity (Wildman–Crippen MR) is 105 cm³/mol. The Morgan fingerprint density at radius 2 is 1.27 bits per heavy atom. The fourth-order valence-electron chi connectivity index (χ4n) is 3.53. The Morgan fingerprint density at radius 1 is 0.615 bits per heavy atom. The lowest BCUT2D eigenvalue weighted by molar-refractivity contribution is 0.489. The van der Waals surface area contributed by atoms with Crippen molar-refractivity contribution in [2.24, 2.45) is 0 Å². The summed E-state index contributed by atoms with van der Waals surface area (Å²) in [6.07, 6.45) is 1.90. The Hall–Kier alpha value is -3.39. The number of aryl methyl sites for hydroxylation is 1. The first-order valence-electron chi connectivity index (χ1n) is 8.74. The third-order valence-electron chi connectivity index (χ3n) is 4.81. The molecule has 0 atom stereocenters. The highest BCUT2D eigenvalue weighted by molar-refractivity contribution is 5.93. The standard InChI is InChI=1S/C24H17NO/c1-16-13-14-22(25-15-16)21-11-6-10-20-18-8-3-2-7-17(18)19-9-4-5-12-23(19)26-24(20)21/h2-15H,1H3. The second-order valence-corrected chi connectivity index (χ2v) is 6.55. The van der Waals surface area contributed by atoms with E-state index in [1.165, 1.54) is 11.1 Å². The van der Waals surface area contributed by atoms with Gasteiger partial charge in [-0.3, -0.25) is 4.98 Å². The number of rotatable bonds is 1. The van der Waals surface area contributed by atoms with Crippen molar-refractivity contribution in [2.45, 2.75) is 6.92 Å². The van der Waals surface area contributed by atoms with Crippen LogP contribution in [0.15, 0.2) is 85.1 Å². The van der Waals surface area contributed by atoms with E-state index in [-0.39, 0.29) is 0 Å². The molecule has 0 spiro atoms. The Labute approximate surface area is 152 Å². The van der Waals surface area contributed by atoms with Crippen molar-refractivity contribution < 1.29 is 4.74 Å². The molecule has 3 aromatic carbocycles. The number of hydrogen-bond donors (Lipinski definition) is 0. The number of nitrogens with zero attached hydrogens (tertiary/aromatic N) is 1. The summed E-state index contributed by atoms with van der Waals surface area (Å²) in [5, 5.41) is 0. The minimum absolute atomic E-state index is 0.862. The summed E-state index contributed by atoms with van der Waals surface area (Å²) < 4.78 is 6.46. The molecule has 0 saturated carbocycles. The van der Waals surface area contributed by atoms with E-state index in [1.54, 1.807) is 0 Å². The van der Waals surface area contributed by atoms with Crippen LogP contribution in [-0.4, -0.2) is 4.98 Å². The molecule has 1 aliphatic heterocycles. The average molecular weight is 335 g/mol. The van der Waals surface area contributed by atoms with E-state index < -0.39 is 0 Å². The smallest absolute Gasteiger partial charge is 0.144 e. The van der Waals surface area contributed by atoms with Gasteiger partial charge in [-0.1, -0.05) is 60.7 Å². The molecule has 2 heteroatoms. The van der Waals surface area contributed by atoms with Crippen LogP contribution in [0.2, 0.25) is 0 Å². The van der Waals surface area contributed by atoms with Gasteiger partial charge < -0.3 is 4.74 Å². The van der Waals surface area contributed by atoms with Crippen LogP contribution in [0.3, 0.4) is 0 Å². The van der Waals surface area contributed by atoms with Crippen LogP contribution >= 0.6 is 0 Å². The molecular weight excluding hydrogens is 318 g/mol. The lowest BCUT2D eigenvalue weighted by atomic mass is 9.93. The molecule has 0 amide bonds. The van der Waals surface area contributed by atoms with Gasteiger partial charge in [0.1, 0.15) is 11.5 Å². The van der Waals surface area contributed by atoms with E-state index in [1.807, 2.05) is 25.3 Å². The minimum Gasteiger partial charge on any atom is -0.455 e. The number of pyridine rings is 1. The van der Waals surface area contributed by atoms with Crippen LogP contribution in [0.1, 0.15) is 5.56 Å². The third kappa shape index (κ3) is 2.31. The lowest BCUT2D eigenvalue weighted by Gasteiger charge is -2.14. The van der Waals surface area contributed by atoms with Crippen LogP contribution < -0.4 is 4.74 Å². The fourth-order valence-corrected chi connectivity index (χ4v) is 3.53. The van der Waals surface area contributed by atoms with Crippen LogP contribution in [0, 0.1) is 6.92 Å². The summed E-state index contributed by atoms with van der Waals surface area (Å²) in [4.78, 5) is 4.62. The molecule has 0 aliphatic carbocycles. The molecule has 1 aliphatic rings. The second kappa shape index (κ2) is 5.85. The van der Waals surface area contributed by atoms with Gasteiger partial charge in [0.05, 0.1) is 5.69 Å². The Balaban J connectivity index is 1.83. The zero-order chi connectivity index (χ0) is 17.5. The first kappa shape index (κ1) is 14.9. The molecule has 0 unspecified atom stereocenters. The summed E-state index contributed by atoms with van der Waals surface area (Å²) in [6.45, 7) is 2.05. The Morgan fingerprint density at radius 3 is 2.04 bits per heavy atom. The summed E-state index contributed by atoms with van der Waals surface area (Å²) in [5.41, 5.74) is 7.65. The van der Waals surface area contributed by atoms with Crippen LogP contribution in [0.4, 0.5) is 0 Å². The number of aromatic nitrogens is 1. The van der Waals surface area contributed by atoms with Crippen molar-refractivity contribution in [1.29, 1.82) is 0 Å². The van der Waals surface area contributed by atoms with Crippen molar-refractivity contribution in [3.05, 3.63) is 90.6 Å². The second-order valence-electron chi connectivity index (χ2n) is 6.55. The van der Waals surface area contributed by atoms with E-state index in [4.69, 9.17) is 4.74 Å². The van der Waals surface area contributed by atoms with Crippen LogP contribution in [0.25, 0.3) is 33.5 Å². The molecular formula is C24H17NO. The quantitative estimate of drug-likeness (QED) is 0.349. The first-order chi connectivity index (χ1) is 12.8. The third-order valence-corrected chi connectivity index (χ3v) is 4.81. The highest BCUT2D eigenvalue weighted by Gasteiger charge is 2.22. The van der Waals surface area contributed by atoms with Crippen molar-refractivity contribution in [2.75, 3.05) is 0 Å². The molecule has 2 nitrogen and oxygen atoms in total. The largest absolute Gasteiger partial charge is 0.455 e. The topological polar surface area (TPSA) is 22.1 Å². The van der Waals surface area contributed by atoms with Gasteiger partial charge in [-0.15, -0.1) is 0 Å². The molecule has 4 aromatic rings. The van der Waals surface area contributed by atoms with Gasteiger partial charge in [-0.2, -0.15) is 0 Å². The van der Waals surface area contributed by atoms with Crippen LogP contribution in [-0.2, 0) is 0 Å². The fraction of sp³-hybridized carbons (Fsp3) is 0.0417. The number of fused-ring (bicyclic) bond motifs is 5. The highest BCUT2D eigenvalue weighted by Crippen LogP contribution is 2.49. The summed E-state index contributed by atoms with van der Waals surface area (Å²) in [6, 6.07) is 27.1. The number of para-hydroxylation sites is 2. The lowest BCUT2D eigenvalue weighted by Crippen LogP contribution is -1.92. The maximum absolute atomic E-state index is 6.46. The highest BCUT2D eigenvalue weighted by atomic mass is 16.5. The van der Waals surface area contributed by atoms with Gasteiger partial charge in [0.15, 0.2) is 0 Å². The maximum Gasteiger partial charge on any atom is 0.144 e. The molecule has 2 heterocycles. The van der Waals surface area contributed by atoms with Gasteiger partial charge in [0, 0.05) is 22.9 Å². The molecule has 124 valence electrons. The van der Waals surface area contributed by atoms with E-state index >= 15 is 0 Å².